The van der Waals surface area contributed by atoms with Crippen molar-refractivity contribution in [3.63, 3.8) is 0 Å². The lowest BCUT2D eigenvalue weighted by Crippen LogP contribution is -2.28. The first-order chi connectivity index (χ1) is 29.7. The molecule has 280 valence electrons. The van der Waals surface area contributed by atoms with Crippen molar-refractivity contribution in [2.45, 2.75) is 5.41 Å². The first kappa shape index (κ1) is 34.3. The molecule has 0 aliphatic heterocycles. The molecule has 12 rings (SSSR count). The lowest BCUT2D eigenvalue weighted by Gasteiger charge is -2.34. The van der Waals surface area contributed by atoms with Crippen LogP contribution < -0.4 is 4.90 Å². The highest BCUT2D eigenvalue weighted by Crippen LogP contribution is 2.56. The molecule has 0 unspecified atom stereocenters. The Hall–Kier alpha value is -7.74. The Morgan fingerprint density at radius 1 is 0.267 bits per heavy atom. The molecule has 0 heterocycles. The quantitative estimate of drug-likeness (QED) is 0.153. The zero-order valence-corrected chi connectivity index (χ0v) is 33.0. The van der Waals surface area contributed by atoms with Crippen LogP contribution in [0.15, 0.2) is 237 Å². The SMILES string of the molecule is c1ccc(C2(c3ccccc3)c3ccccc3-c3ccc(-c4ccc(N(c5ccc6c(ccc7ccccc76)c5)c5ccc6c(ccc7ccccc76)c5)cc4)cc32)cc1. The molecule has 0 amide bonds. The number of nitrogens with zero attached hydrogens (tertiary/aromatic N) is 1. The van der Waals surface area contributed by atoms with Gasteiger partial charge in [0.1, 0.15) is 0 Å². The van der Waals surface area contributed by atoms with Gasteiger partial charge in [-0.1, -0.05) is 194 Å². The molecular formula is C59H39N. The molecular weight excluding hydrogens is 723 g/mol. The Kier molecular flexibility index (Phi) is 7.83. The van der Waals surface area contributed by atoms with Crippen LogP contribution in [0.1, 0.15) is 22.3 Å². The highest BCUT2D eigenvalue weighted by molar-refractivity contribution is 6.10. The van der Waals surface area contributed by atoms with Gasteiger partial charge in [-0.05, 0) is 130 Å². The number of hydrogen-bond acceptors (Lipinski definition) is 1. The monoisotopic (exact) mass is 761 g/mol. The van der Waals surface area contributed by atoms with E-state index >= 15 is 0 Å². The number of benzene rings is 11. The van der Waals surface area contributed by atoms with Gasteiger partial charge in [-0.2, -0.15) is 0 Å². The van der Waals surface area contributed by atoms with E-state index in [1.165, 1.54) is 87.6 Å². The molecule has 0 saturated carbocycles. The van der Waals surface area contributed by atoms with Gasteiger partial charge in [0.15, 0.2) is 0 Å². The van der Waals surface area contributed by atoms with Crippen LogP contribution in [0.2, 0.25) is 0 Å². The maximum atomic E-state index is 2.45. The molecule has 0 bridgehead atoms. The Morgan fingerprint density at radius 3 is 1.32 bits per heavy atom. The maximum Gasteiger partial charge on any atom is 0.0713 e. The van der Waals surface area contributed by atoms with Crippen molar-refractivity contribution >= 4 is 60.2 Å². The van der Waals surface area contributed by atoms with E-state index in [1.807, 2.05) is 0 Å². The van der Waals surface area contributed by atoms with Crippen LogP contribution in [-0.4, -0.2) is 0 Å². The van der Waals surface area contributed by atoms with Crippen molar-refractivity contribution in [3.05, 3.63) is 259 Å². The molecule has 1 aliphatic carbocycles. The van der Waals surface area contributed by atoms with Crippen molar-refractivity contribution in [2.24, 2.45) is 0 Å². The lowest BCUT2D eigenvalue weighted by molar-refractivity contribution is 0.769. The van der Waals surface area contributed by atoms with E-state index in [0.717, 1.165) is 17.1 Å². The third kappa shape index (κ3) is 5.26. The van der Waals surface area contributed by atoms with E-state index in [0.29, 0.717) is 0 Å². The van der Waals surface area contributed by atoms with Gasteiger partial charge in [0.05, 0.1) is 5.41 Å². The second-order valence-corrected chi connectivity index (χ2v) is 16.1. The molecule has 0 radical (unpaired) electrons. The van der Waals surface area contributed by atoms with Gasteiger partial charge in [-0.25, -0.2) is 0 Å². The van der Waals surface area contributed by atoms with Crippen molar-refractivity contribution < 1.29 is 0 Å². The van der Waals surface area contributed by atoms with E-state index < -0.39 is 5.41 Å². The van der Waals surface area contributed by atoms with Crippen LogP contribution in [0.5, 0.6) is 0 Å². The Bertz CT molecular complexity index is 3260. The predicted molar refractivity (Wildman–Crippen MR) is 254 cm³/mol. The summed E-state index contributed by atoms with van der Waals surface area (Å²) < 4.78 is 0. The van der Waals surface area contributed by atoms with Crippen LogP contribution in [0.25, 0.3) is 65.3 Å². The molecule has 0 N–H and O–H groups in total. The zero-order chi connectivity index (χ0) is 39.6. The van der Waals surface area contributed by atoms with Gasteiger partial charge in [0, 0.05) is 17.1 Å². The zero-order valence-electron chi connectivity index (χ0n) is 33.0. The summed E-state index contributed by atoms with van der Waals surface area (Å²) in [4.78, 5) is 2.40. The highest BCUT2D eigenvalue weighted by atomic mass is 15.1. The normalized spacial score (nSPS) is 12.8. The first-order valence-corrected chi connectivity index (χ1v) is 20.8. The third-order valence-electron chi connectivity index (χ3n) is 12.9. The minimum Gasteiger partial charge on any atom is -0.310 e. The molecule has 11 aromatic carbocycles. The molecule has 1 nitrogen and oxygen atoms in total. The highest BCUT2D eigenvalue weighted by Gasteiger charge is 2.46. The molecule has 0 saturated heterocycles. The number of anilines is 3. The van der Waals surface area contributed by atoms with Crippen molar-refractivity contribution in [3.8, 4) is 22.3 Å². The largest absolute Gasteiger partial charge is 0.310 e. The molecule has 0 aromatic heterocycles. The lowest BCUT2D eigenvalue weighted by atomic mass is 9.67. The fourth-order valence-corrected chi connectivity index (χ4v) is 10.2. The van der Waals surface area contributed by atoms with Gasteiger partial charge >= 0.3 is 0 Å². The molecule has 11 aromatic rings. The van der Waals surface area contributed by atoms with Crippen LogP contribution in [-0.2, 0) is 5.41 Å². The van der Waals surface area contributed by atoms with Gasteiger partial charge in [0.2, 0.25) is 0 Å². The fraction of sp³-hybridized carbons (Fsp3) is 0.0169. The van der Waals surface area contributed by atoms with Crippen LogP contribution in [0, 0.1) is 0 Å². The van der Waals surface area contributed by atoms with Crippen LogP contribution >= 0.6 is 0 Å². The van der Waals surface area contributed by atoms with Gasteiger partial charge in [-0.15, -0.1) is 0 Å². The summed E-state index contributed by atoms with van der Waals surface area (Å²) in [6.45, 7) is 0. The summed E-state index contributed by atoms with van der Waals surface area (Å²) in [5.74, 6) is 0. The summed E-state index contributed by atoms with van der Waals surface area (Å²) in [5.41, 5.74) is 13.1. The van der Waals surface area contributed by atoms with Crippen molar-refractivity contribution in [2.75, 3.05) is 4.90 Å². The van der Waals surface area contributed by atoms with Crippen LogP contribution in [0.4, 0.5) is 17.1 Å². The van der Waals surface area contributed by atoms with E-state index in [-0.39, 0.29) is 0 Å². The minimum absolute atomic E-state index is 0.440. The number of hydrogen-bond donors (Lipinski definition) is 0. The molecule has 0 atom stereocenters. The van der Waals surface area contributed by atoms with Crippen molar-refractivity contribution in [1.29, 1.82) is 0 Å². The smallest absolute Gasteiger partial charge is 0.0713 e. The van der Waals surface area contributed by atoms with Gasteiger partial charge in [-0.3, -0.25) is 0 Å². The third-order valence-corrected chi connectivity index (χ3v) is 12.9. The second-order valence-electron chi connectivity index (χ2n) is 16.1. The van der Waals surface area contributed by atoms with Crippen LogP contribution in [0.3, 0.4) is 0 Å². The Morgan fingerprint density at radius 2 is 0.717 bits per heavy atom. The number of rotatable bonds is 6. The topological polar surface area (TPSA) is 3.24 Å². The molecule has 60 heavy (non-hydrogen) atoms. The maximum absolute atomic E-state index is 2.45. The Balaban J connectivity index is 1.01. The molecule has 1 heteroatoms. The van der Waals surface area contributed by atoms with Crippen molar-refractivity contribution in [1.82, 2.24) is 0 Å². The molecule has 0 spiro atoms. The average Bonchev–Trinajstić information content (AvgIpc) is 3.62. The summed E-state index contributed by atoms with van der Waals surface area (Å²) in [6, 6.07) is 87.4. The summed E-state index contributed by atoms with van der Waals surface area (Å²) >= 11 is 0. The standard InChI is InChI=1S/C59H39N/c1-3-15-46(16-4-1)59(47-17-5-2-6-18-47)57-22-12-11-21-55(57)56-34-29-43(39-58(56)59)40-27-30-48(31-28-40)60(49-32-35-53-44(37-49)25-23-41-13-7-9-19-51(41)53)50-33-36-54-45(38-50)26-24-42-14-8-10-20-52(42)54/h1-39H. The Labute approximate surface area is 350 Å². The van der Waals surface area contributed by atoms with E-state index in [9.17, 15) is 0 Å². The number of fused-ring (bicyclic) bond motifs is 9. The average molecular weight is 762 g/mol. The summed E-state index contributed by atoms with van der Waals surface area (Å²) in [7, 11) is 0. The minimum atomic E-state index is -0.440. The molecule has 1 aliphatic rings. The van der Waals surface area contributed by atoms with Gasteiger partial charge in [0.25, 0.3) is 0 Å². The summed E-state index contributed by atoms with van der Waals surface area (Å²) in [6.07, 6.45) is 0. The first-order valence-electron chi connectivity index (χ1n) is 20.8. The van der Waals surface area contributed by atoms with E-state index in [2.05, 4.69) is 241 Å². The molecule has 0 fully saturated rings. The predicted octanol–water partition coefficient (Wildman–Crippen LogP) is 15.8. The van der Waals surface area contributed by atoms with E-state index in [1.54, 1.807) is 0 Å². The fourth-order valence-electron chi connectivity index (χ4n) is 10.2. The summed E-state index contributed by atoms with van der Waals surface area (Å²) in [5, 5.41) is 10.0. The second kappa shape index (κ2) is 13.7. The van der Waals surface area contributed by atoms with E-state index in [4.69, 9.17) is 0 Å². The van der Waals surface area contributed by atoms with Gasteiger partial charge < -0.3 is 4.90 Å².